The summed E-state index contributed by atoms with van der Waals surface area (Å²) in [5, 5.41) is 35.6. The third kappa shape index (κ3) is 1.69. The van der Waals surface area contributed by atoms with E-state index in [1.807, 2.05) is 0 Å². The lowest BCUT2D eigenvalue weighted by molar-refractivity contribution is -0.169. The van der Waals surface area contributed by atoms with Crippen LogP contribution in [0.1, 0.15) is 0 Å². The molecule has 0 saturated carbocycles. The van der Waals surface area contributed by atoms with Crippen molar-refractivity contribution in [1.82, 2.24) is 0 Å². The Bertz CT molecular complexity index is 126. The Hall–Kier alpha value is -0.200. The van der Waals surface area contributed by atoms with Crippen molar-refractivity contribution in [3.8, 4) is 0 Å². The second kappa shape index (κ2) is 3.46. The highest BCUT2D eigenvalue weighted by Gasteiger charge is 2.37. The van der Waals surface area contributed by atoms with E-state index in [9.17, 15) is 0 Å². The highest BCUT2D eigenvalue weighted by Crippen LogP contribution is 2.17. The monoisotopic (exact) mass is 163 g/mol. The summed E-state index contributed by atoms with van der Waals surface area (Å²) in [4.78, 5) is 0. The molecule has 0 aromatic heterocycles. The summed E-state index contributed by atoms with van der Waals surface area (Å²) in [6.07, 6.45) is -4.54. The van der Waals surface area contributed by atoms with Gasteiger partial charge in [0.2, 0.25) is 0 Å². The van der Waals surface area contributed by atoms with Crippen molar-refractivity contribution in [2.75, 3.05) is 6.61 Å². The van der Waals surface area contributed by atoms with Crippen LogP contribution in [0.15, 0.2) is 0 Å². The highest BCUT2D eigenvalue weighted by atomic mass is 16.5. The van der Waals surface area contributed by atoms with Crippen molar-refractivity contribution in [3.63, 3.8) is 0 Å². The minimum absolute atomic E-state index is 0.387. The SMILES string of the molecule is OC[C@H]1O[12CH][C@H](O)[C@@H](O)[C@H]1O. The van der Waals surface area contributed by atoms with Crippen LogP contribution in [0.3, 0.4) is 0 Å². The van der Waals surface area contributed by atoms with Crippen molar-refractivity contribution in [3.05, 3.63) is 6.61 Å². The summed E-state index contributed by atoms with van der Waals surface area (Å²) in [7, 11) is 0. The van der Waals surface area contributed by atoms with E-state index < -0.39 is 24.4 Å². The molecule has 0 bridgehead atoms. The van der Waals surface area contributed by atoms with Gasteiger partial charge in [-0.15, -0.1) is 0 Å². The van der Waals surface area contributed by atoms with E-state index in [-0.39, 0.29) is 6.61 Å². The fraction of sp³-hybridized carbons (Fsp3) is 0.833. The molecule has 0 aromatic rings. The third-order valence-corrected chi connectivity index (χ3v) is 1.65. The maximum absolute atomic E-state index is 9.09. The van der Waals surface area contributed by atoms with Crippen LogP contribution < -0.4 is 0 Å². The van der Waals surface area contributed by atoms with Crippen LogP contribution in [-0.2, 0) is 4.74 Å². The lowest BCUT2D eigenvalue weighted by atomic mass is 10.0. The minimum Gasteiger partial charge on any atom is -0.394 e. The molecule has 0 unspecified atom stereocenters. The first-order chi connectivity index (χ1) is 5.16. The van der Waals surface area contributed by atoms with E-state index in [2.05, 4.69) is 4.74 Å². The van der Waals surface area contributed by atoms with Gasteiger partial charge in [-0.05, 0) is 0 Å². The summed E-state index contributed by atoms with van der Waals surface area (Å²) in [6, 6.07) is 0. The maximum Gasteiger partial charge on any atom is 0.115 e. The molecular formula is C6H11O5. The van der Waals surface area contributed by atoms with E-state index in [4.69, 9.17) is 20.4 Å². The predicted molar refractivity (Wildman–Crippen MR) is 34.3 cm³/mol. The standard InChI is InChI=1S/C6H11O5/c7-1-4-6(10)5(9)3(8)2-11-4/h2-10H,1H2/t3-,4+,5+,6-/m0/s1/i2+0. The highest BCUT2D eigenvalue weighted by molar-refractivity contribution is 4.91. The van der Waals surface area contributed by atoms with Crippen LogP contribution in [0.4, 0.5) is 0 Å². The molecule has 0 aromatic carbocycles. The first-order valence-electron chi connectivity index (χ1n) is 3.30. The minimum atomic E-state index is -1.28. The number of aliphatic hydroxyl groups is 4. The Morgan fingerprint density at radius 1 is 1.18 bits per heavy atom. The van der Waals surface area contributed by atoms with Gasteiger partial charge in [-0.25, -0.2) is 0 Å². The van der Waals surface area contributed by atoms with Crippen molar-refractivity contribution < 1.29 is 25.2 Å². The molecule has 1 aliphatic heterocycles. The molecule has 1 rings (SSSR count). The summed E-state index contributed by atoms with van der Waals surface area (Å²) >= 11 is 0. The molecule has 0 spiro atoms. The summed E-state index contributed by atoms with van der Waals surface area (Å²) in [5.74, 6) is 0. The van der Waals surface area contributed by atoms with E-state index in [1.165, 1.54) is 0 Å². The van der Waals surface area contributed by atoms with Crippen molar-refractivity contribution in [2.45, 2.75) is 24.4 Å². The van der Waals surface area contributed by atoms with Gasteiger partial charge in [-0.3, -0.25) is 0 Å². The van der Waals surface area contributed by atoms with Gasteiger partial charge < -0.3 is 25.2 Å². The van der Waals surface area contributed by atoms with Crippen LogP contribution in [0.25, 0.3) is 0 Å². The van der Waals surface area contributed by atoms with Gasteiger partial charge in [0.25, 0.3) is 0 Å². The summed E-state index contributed by atoms with van der Waals surface area (Å²) in [6.45, 7) is 0.611. The number of hydrogen-bond donors (Lipinski definition) is 4. The number of rotatable bonds is 1. The second-order valence-corrected chi connectivity index (χ2v) is 2.46. The van der Waals surface area contributed by atoms with Gasteiger partial charge in [0, 0.05) is 0 Å². The van der Waals surface area contributed by atoms with E-state index in [1.54, 1.807) is 0 Å². The quantitative estimate of drug-likeness (QED) is 0.346. The summed E-state index contributed by atoms with van der Waals surface area (Å²) in [5.41, 5.74) is 0. The van der Waals surface area contributed by atoms with Gasteiger partial charge >= 0.3 is 0 Å². The molecular weight excluding hydrogens is 152 g/mol. The molecule has 65 valence electrons. The first-order valence-corrected chi connectivity index (χ1v) is 3.30. The van der Waals surface area contributed by atoms with Gasteiger partial charge in [0.1, 0.15) is 31.0 Å². The van der Waals surface area contributed by atoms with Crippen LogP contribution in [-0.4, -0.2) is 51.4 Å². The predicted octanol–water partition coefficient (Wildman–Crippen LogP) is -2.38. The molecule has 1 heterocycles. The molecule has 4 atom stereocenters. The zero-order valence-corrected chi connectivity index (χ0v) is 5.79. The molecule has 1 aliphatic rings. The lowest BCUT2D eigenvalue weighted by Crippen LogP contribution is -2.52. The van der Waals surface area contributed by atoms with Gasteiger partial charge in [-0.2, -0.15) is 0 Å². The first kappa shape index (κ1) is 8.89. The molecule has 0 amide bonds. The van der Waals surface area contributed by atoms with Crippen molar-refractivity contribution in [2.24, 2.45) is 0 Å². The van der Waals surface area contributed by atoms with Crippen molar-refractivity contribution in [1.29, 1.82) is 0 Å². The average molecular weight is 163 g/mol. The van der Waals surface area contributed by atoms with Crippen molar-refractivity contribution >= 4 is 0 Å². The topological polar surface area (TPSA) is 90.2 Å². The molecule has 1 fully saturated rings. The maximum atomic E-state index is 9.09. The Labute approximate surface area is 63.8 Å². The molecule has 11 heavy (non-hydrogen) atoms. The smallest absolute Gasteiger partial charge is 0.115 e. The summed E-state index contributed by atoms with van der Waals surface area (Å²) < 4.78 is 4.69. The van der Waals surface area contributed by atoms with Crippen LogP contribution >= 0.6 is 0 Å². The zero-order valence-electron chi connectivity index (χ0n) is 5.79. The molecule has 1 radical (unpaired) electrons. The van der Waals surface area contributed by atoms with E-state index >= 15 is 0 Å². The molecule has 1 saturated heterocycles. The van der Waals surface area contributed by atoms with E-state index in [0.29, 0.717) is 0 Å². The van der Waals surface area contributed by atoms with Crippen LogP contribution in [0.2, 0.25) is 0 Å². The third-order valence-electron chi connectivity index (χ3n) is 1.65. The largest absolute Gasteiger partial charge is 0.394 e. The zero-order chi connectivity index (χ0) is 8.43. The number of ether oxygens (including phenoxy) is 1. The normalized spacial score (nSPS) is 45.8. The van der Waals surface area contributed by atoms with Gasteiger partial charge in [0.15, 0.2) is 0 Å². The van der Waals surface area contributed by atoms with Crippen LogP contribution in [0, 0.1) is 6.61 Å². The average Bonchev–Trinajstić information content (AvgIpc) is 2.01. The fourth-order valence-corrected chi connectivity index (χ4v) is 0.915. The molecule has 5 heteroatoms. The van der Waals surface area contributed by atoms with Gasteiger partial charge in [-0.1, -0.05) is 0 Å². The number of hydrogen-bond acceptors (Lipinski definition) is 5. The van der Waals surface area contributed by atoms with Crippen LogP contribution in [0.5, 0.6) is 0 Å². The molecule has 0 aliphatic carbocycles. The van der Waals surface area contributed by atoms with E-state index in [0.717, 1.165) is 6.61 Å². The fourth-order valence-electron chi connectivity index (χ4n) is 0.915. The lowest BCUT2D eigenvalue weighted by Gasteiger charge is -2.33. The molecule has 4 N–H and O–H groups in total. The molecule has 5 nitrogen and oxygen atoms in total. The Morgan fingerprint density at radius 2 is 1.82 bits per heavy atom. The second-order valence-electron chi connectivity index (χ2n) is 2.46. The number of aliphatic hydroxyl groups excluding tert-OH is 4. The Balaban J connectivity index is 2.52. The Kier molecular flexibility index (Phi) is 2.80. The van der Waals surface area contributed by atoms with Gasteiger partial charge in [0.05, 0.1) is 6.61 Å². The Morgan fingerprint density at radius 3 is 2.36 bits per heavy atom.